The summed E-state index contributed by atoms with van der Waals surface area (Å²) in [6.07, 6.45) is 5.47. The molecule has 0 spiro atoms. The van der Waals surface area contributed by atoms with Gasteiger partial charge in [0.2, 0.25) is 0 Å². The Morgan fingerprint density at radius 3 is 3.10 bits per heavy atom. The topological polar surface area (TPSA) is 47.3 Å². The lowest BCUT2D eigenvalue weighted by atomic mass is 9.71. The summed E-state index contributed by atoms with van der Waals surface area (Å²) in [4.78, 5) is 2.43. The first-order valence-corrected chi connectivity index (χ1v) is 7.63. The van der Waals surface area contributed by atoms with Crippen molar-refractivity contribution >= 4 is 0 Å². The van der Waals surface area contributed by atoms with E-state index >= 15 is 0 Å². The maximum Gasteiger partial charge on any atom is 0.0991 e. The zero-order valence-electron chi connectivity index (χ0n) is 11.9. The number of piperidine rings is 1. The van der Waals surface area contributed by atoms with Crippen molar-refractivity contribution in [1.29, 1.82) is 5.26 Å². The van der Waals surface area contributed by atoms with E-state index in [1.165, 1.54) is 18.4 Å². The highest BCUT2D eigenvalue weighted by molar-refractivity contribution is 5.32. The molecule has 1 aromatic rings. The summed E-state index contributed by atoms with van der Waals surface area (Å²) < 4.78 is 0. The molecule has 0 radical (unpaired) electrons. The van der Waals surface area contributed by atoms with Crippen molar-refractivity contribution in [3.05, 3.63) is 35.4 Å². The summed E-state index contributed by atoms with van der Waals surface area (Å²) in [6, 6.07) is 10.1. The number of nitriles is 1. The Morgan fingerprint density at radius 1 is 1.35 bits per heavy atom. The summed E-state index contributed by atoms with van der Waals surface area (Å²) in [5.74, 6) is 0.434. The number of fused-ring (bicyclic) bond motifs is 1. The number of likely N-dealkylation sites (tertiary alicyclic amines) is 1. The zero-order chi connectivity index (χ0) is 14.0. The van der Waals surface area contributed by atoms with Crippen LogP contribution in [0.2, 0.25) is 0 Å². The first kappa shape index (κ1) is 13.6. The van der Waals surface area contributed by atoms with E-state index in [1.807, 2.05) is 18.2 Å². The molecule has 0 amide bonds. The number of aliphatic hydroxyl groups is 1. The molecule has 1 aliphatic heterocycles. The van der Waals surface area contributed by atoms with Gasteiger partial charge in [0.05, 0.1) is 17.2 Å². The van der Waals surface area contributed by atoms with E-state index in [9.17, 15) is 5.11 Å². The van der Waals surface area contributed by atoms with Gasteiger partial charge in [-0.3, -0.25) is 4.90 Å². The molecule has 106 valence electrons. The number of nitrogens with zero attached hydrogens (tertiary/aromatic N) is 2. The highest BCUT2D eigenvalue weighted by Gasteiger charge is 2.42. The second-order valence-corrected chi connectivity index (χ2v) is 6.34. The minimum absolute atomic E-state index is 0.400. The molecule has 2 aliphatic rings. The van der Waals surface area contributed by atoms with Gasteiger partial charge in [0, 0.05) is 25.6 Å². The number of benzene rings is 1. The van der Waals surface area contributed by atoms with Crippen molar-refractivity contribution in [3.63, 3.8) is 0 Å². The minimum Gasteiger partial charge on any atom is -0.390 e. The van der Waals surface area contributed by atoms with E-state index in [-0.39, 0.29) is 0 Å². The summed E-state index contributed by atoms with van der Waals surface area (Å²) in [6.45, 7) is 2.85. The van der Waals surface area contributed by atoms with Gasteiger partial charge in [0.1, 0.15) is 0 Å². The van der Waals surface area contributed by atoms with Gasteiger partial charge in [-0.1, -0.05) is 25.0 Å². The maximum absolute atomic E-state index is 10.7. The van der Waals surface area contributed by atoms with E-state index in [2.05, 4.69) is 17.0 Å². The Hall–Kier alpha value is -1.37. The Bertz CT molecular complexity index is 522. The van der Waals surface area contributed by atoms with Crippen molar-refractivity contribution in [1.82, 2.24) is 4.90 Å². The fourth-order valence-corrected chi connectivity index (χ4v) is 3.78. The van der Waals surface area contributed by atoms with E-state index in [1.54, 1.807) is 0 Å². The van der Waals surface area contributed by atoms with Crippen molar-refractivity contribution in [2.75, 3.05) is 13.1 Å². The second-order valence-electron chi connectivity index (χ2n) is 6.34. The van der Waals surface area contributed by atoms with Gasteiger partial charge in [0.25, 0.3) is 0 Å². The van der Waals surface area contributed by atoms with Crippen molar-refractivity contribution in [3.8, 4) is 6.07 Å². The highest BCUT2D eigenvalue weighted by Crippen LogP contribution is 2.39. The molecular formula is C17H22N2O. The molecule has 1 aliphatic carbocycles. The molecule has 0 aromatic heterocycles. The van der Waals surface area contributed by atoms with Gasteiger partial charge >= 0.3 is 0 Å². The average Bonchev–Trinajstić information content (AvgIpc) is 2.48. The molecule has 3 rings (SSSR count). The Labute approximate surface area is 120 Å². The normalized spacial score (nSPS) is 30.5. The van der Waals surface area contributed by atoms with E-state index in [0.29, 0.717) is 5.92 Å². The third-order valence-electron chi connectivity index (χ3n) is 4.97. The molecule has 1 saturated heterocycles. The molecule has 1 aromatic carbocycles. The highest BCUT2D eigenvalue weighted by atomic mass is 16.3. The van der Waals surface area contributed by atoms with Crippen molar-refractivity contribution < 1.29 is 5.11 Å². The largest absolute Gasteiger partial charge is 0.390 e. The quantitative estimate of drug-likeness (QED) is 0.898. The molecule has 2 atom stereocenters. The van der Waals surface area contributed by atoms with Crippen LogP contribution in [-0.2, 0) is 6.54 Å². The molecule has 0 bridgehead atoms. The molecule has 1 saturated carbocycles. The first-order valence-electron chi connectivity index (χ1n) is 7.63. The Balaban J connectivity index is 1.66. The minimum atomic E-state index is -0.400. The maximum atomic E-state index is 10.7. The monoisotopic (exact) mass is 270 g/mol. The van der Waals surface area contributed by atoms with Crippen molar-refractivity contribution in [2.45, 2.75) is 44.2 Å². The molecule has 3 heteroatoms. The first-order chi connectivity index (χ1) is 9.69. The van der Waals surface area contributed by atoms with Gasteiger partial charge in [-0.25, -0.2) is 0 Å². The van der Waals surface area contributed by atoms with Gasteiger partial charge in [-0.15, -0.1) is 0 Å². The molecule has 1 N–H and O–H groups in total. The van der Waals surface area contributed by atoms with Crippen LogP contribution < -0.4 is 0 Å². The van der Waals surface area contributed by atoms with Crippen molar-refractivity contribution in [2.24, 2.45) is 5.92 Å². The van der Waals surface area contributed by atoms with Gasteiger partial charge < -0.3 is 5.11 Å². The fourth-order valence-electron chi connectivity index (χ4n) is 3.78. The lowest BCUT2D eigenvalue weighted by molar-refractivity contribution is -0.0967. The number of hydrogen-bond donors (Lipinski definition) is 1. The predicted molar refractivity (Wildman–Crippen MR) is 78.0 cm³/mol. The molecule has 2 fully saturated rings. The lowest BCUT2D eigenvalue weighted by Gasteiger charge is -2.47. The molecular weight excluding hydrogens is 248 g/mol. The van der Waals surface area contributed by atoms with Crippen LogP contribution in [-0.4, -0.2) is 28.7 Å². The predicted octanol–water partition coefficient (Wildman–Crippen LogP) is 2.69. The molecule has 20 heavy (non-hydrogen) atoms. The van der Waals surface area contributed by atoms with Gasteiger partial charge in [0.15, 0.2) is 0 Å². The Kier molecular flexibility index (Phi) is 3.78. The lowest BCUT2D eigenvalue weighted by Crippen LogP contribution is -2.52. The summed E-state index contributed by atoms with van der Waals surface area (Å²) in [5, 5.41) is 19.6. The van der Waals surface area contributed by atoms with Crippen LogP contribution in [0.25, 0.3) is 0 Å². The molecule has 1 heterocycles. The zero-order valence-corrected chi connectivity index (χ0v) is 11.9. The van der Waals surface area contributed by atoms with Crippen LogP contribution in [0.3, 0.4) is 0 Å². The third kappa shape index (κ3) is 2.72. The summed E-state index contributed by atoms with van der Waals surface area (Å²) in [5.41, 5.74) is 1.53. The average molecular weight is 270 g/mol. The SMILES string of the molecule is N#Cc1cccc(CN2CC[C@@]3(O)CCCC[C@H]3C2)c1. The number of rotatable bonds is 2. The van der Waals surface area contributed by atoms with E-state index < -0.39 is 5.60 Å². The fraction of sp³-hybridized carbons (Fsp3) is 0.588. The second kappa shape index (κ2) is 5.55. The van der Waals surface area contributed by atoms with Gasteiger partial charge in [-0.05, 0) is 37.0 Å². The number of hydrogen-bond acceptors (Lipinski definition) is 3. The Morgan fingerprint density at radius 2 is 2.25 bits per heavy atom. The standard InChI is InChI=1S/C17H22N2O/c18-11-14-4-3-5-15(10-14)12-19-9-8-17(20)7-2-1-6-16(17)13-19/h3-5,10,16,20H,1-2,6-9,12-13H2/t16-,17-/m0/s1. The van der Waals surface area contributed by atoms with E-state index in [0.717, 1.165) is 44.5 Å². The van der Waals surface area contributed by atoms with Crippen LogP contribution in [0, 0.1) is 17.2 Å². The van der Waals surface area contributed by atoms with Gasteiger partial charge in [-0.2, -0.15) is 5.26 Å². The smallest absolute Gasteiger partial charge is 0.0991 e. The van der Waals surface area contributed by atoms with Crippen LogP contribution in [0.5, 0.6) is 0 Å². The van der Waals surface area contributed by atoms with Crippen LogP contribution in [0.1, 0.15) is 43.2 Å². The molecule has 0 unspecified atom stereocenters. The van der Waals surface area contributed by atoms with E-state index in [4.69, 9.17) is 5.26 Å². The van der Waals surface area contributed by atoms with Crippen LogP contribution in [0.15, 0.2) is 24.3 Å². The molecule has 3 nitrogen and oxygen atoms in total. The van der Waals surface area contributed by atoms with Crippen LogP contribution in [0.4, 0.5) is 0 Å². The summed E-state index contributed by atoms with van der Waals surface area (Å²) >= 11 is 0. The summed E-state index contributed by atoms with van der Waals surface area (Å²) in [7, 11) is 0. The van der Waals surface area contributed by atoms with Crippen LogP contribution >= 0.6 is 0 Å². The third-order valence-corrected chi connectivity index (χ3v) is 4.97.